The zero-order valence-corrected chi connectivity index (χ0v) is 16.2. The maximum atomic E-state index is 12.6. The predicted molar refractivity (Wildman–Crippen MR) is 102 cm³/mol. The topological polar surface area (TPSA) is 86.9 Å². The van der Waals surface area contributed by atoms with E-state index in [9.17, 15) is 4.79 Å². The van der Waals surface area contributed by atoms with Crippen molar-refractivity contribution in [3.05, 3.63) is 47.3 Å². The molecular formula is C19H24N6O2. The van der Waals surface area contributed by atoms with Crippen molar-refractivity contribution in [2.45, 2.75) is 26.8 Å². The van der Waals surface area contributed by atoms with Gasteiger partial charge in [0, 0.05) is 30.4 Å². The number of aryl methyl sites for hydroxylation is 3. The van der Waals surface area contributed by atoms with Gasteiger partial charge in [-0.1, -0.05) is 12.1 Å². The van der Waals surface area contributed by atoms with Crippen LogP contribution in [0.2, 0.25) is 0 Å². The summed E-state index contributed by atoms with van der Waals surface area (Å²) in [6.07, 6.45) is 0. The standard InChI is InChI=1S/C19H24N6O2/c1-12-9-13(2)25(22-12)14(3)11-20-18(26)16-8-6-7-15(10-16)17-21-19(27-5)24(4)23-17/h6-10,14H,11H2,1-5H3,(H,20,26)/t14-/m0/s1. The Morgan fingerprint density at radius 2 is 2.04 bits per heavy atom. The molecule has 2 heterocycles. The molecule has 1 atom stereocenters. The largest absolute Gasteiger partial charge is 0.467 e. The third kappa shape index (κ3) is 3.99. The Morgan fingerprint density at radius 1 is 1.26 bits per heavy atom. The van der Waals surface area contributed by atoms with Crippen molar-refractivity contribution >= 4 is 5.91 Å². The summed E-state index contributed by atoms with van der Waals surface area (Å²) in [5, 5.41) is 11.8. The molecule has 0 spiro atoms. The van der Waals surface area contributed by atoms with Gasteiger partial charge >= 0.3 is 6.01 Å². The number of carbonyl (C=O) groups excluding carboxylic acids is 1. The van der Waals surface area contributed by atoms with Gasteiger partial charge in [-0.25, -0.2) is 4.68 Å². The first-order valence-electron chi connectivity index (χ1n) is 8.75. The summed E-state index contributed by atoms with van der Waals surface area (Å²) in [5.41, 5.74) is 3.36. The molecule has 0 radical (unpaired) electrons. The van der Waals surface area contributed by atoms with E-state index in [0.29, 0.717) is 23.9 Å². The third-order valence-electron chi connectivity index (χ3n) is 4.31. The molecular weight excluding hydrogens is 344 g/mol. The molecule has 1 aromatic carbocycles. The highest BCUT2D eigenvalue weighted by Gasteiger charge is 2.14. The lowest BCUT2D eigenvalue weighted by Crippen LogP contribution is -2.30. The number of amides is 1. The van der Waals surface area contributed by atoms with Crippen molar-refractivity contribution in [3.8, 4) is 17.4 Å². The lowest BCUT2D eigenvalue weighted by Gasteiger charge is -2.15. The zero-order valence-electron chi connectivity index (χ0n) is 16.2. The molecule has 0 aliphatic rings. The van der Waals surface area contributed by atoms with Gasteiger partial charge in [-0.05, 0) is 39.0 Å². The quantitative estimate of drug-likeness (QED) is 0.721. The number of methoxy groups -OCH3 is 1. The molecule has 8 nitrogen and oxygen atoms in total. The van der Waals surface area contributed by atoms with E-state index < -0.39 is 0 Å². The van der Waals surface area contributed by atoms with Gasteiger partial charge in [-0.2, -0.15) is 10.1 Å². The highest BCUT2D eigenvalue weighted by atomic mass is 16.5. The summed E-state index contributed by atoms with van der Waals surface area (Å²) >= 11 is 0. The Kier molecular flexibility index (Phi) is 5.25. The highest BCUT2D eigenvalue weighted by Crippen LogP contribution is 2.19. The normalized spacial score (nSPS) is 12.0. The maximum Gasteiger partial charge on any atom is 0.314 e. The van der Waals surface area contributed by atoms with Gasteiger partial charge in [0.05, 0.1) is 18.8 Å². The van der Waals surface area contributed by atoms with Crippen LogP contribution in [0.15, 0.2) is 30.3 Å². The molecule has 2 aromatic heterocycles. The van der Waals surface area contributed by atoms with Gasteiger partial charge < -0.3 is 10.1 Å². The first kappa shape index (κ1) is 18.6. The molecule has 3 rings (SSSR count). The summed E-state index contributed by atoms with van der Waals surface area (Å²) in [6, 6.07) is 9.73. The molecule has 142 valence electrons. The van der Waals surface area contributed by atoms with Crippen molar-refractivity contribution in [2.24, 2.45) is 7.05 Å². The van der Waals surface area contributed by atoms with Gasteiger partial charge in [0.2, 0.25) is 0 Å². The number of carbonyl (C=O) groups is 1. The van der Waals surface area contributed by atoms with Gasteiger partial charge in [-0.15, -0.1) is 5.10 Å². The van der Waals surface area contributed by atoms with Gasteiger partial charge in [0.1, 0.15) is 0 Å². The minimum Gasteiger partial charge on any atom is -0.467 e. The number of hydrogen-bond acceptors (Lipinski definition) is 5. The van der Waals surface area contributed by atoms with E-state index in [1.165, 1.54) is 0 Å². The van der Waals surface area contributed by atoms with E-state index in [4.69, 9.17) is 4.74 Å². The molecule has 0 saturated heterocycles. The van der Waals surface area contributed by atoms with E-state index in [1.807, 2.05) is 43.7 Å². The molecule has 0 fully saturated rings. The Morgan fingerprint density at radius 3 is 2.67 bits per heavy atom. The number of aromatic nitrogens is 5. The first-order valence-corrected chi connectivity index (χ1v) is 8.75. The highest BCUT2D eigenvalue weighted by molar-refractivity contribution is 5.95. The summed E-state index contributed by atoms with van der Waals surface area (Å²) in [7, 11) is 3.30. The Balaban J connectivity index is 1.71. The van der Waals surface area contributed by atoms with Crippen LogP contribution in [0.1, 0.15) is 34.7 Å². The molecule has 0 aliphatic carbocycles. The SMILES string of the molecule is COc1nc(-c2cccc(C(=O)NC[C@H](C)n3nc(C)cc3C)c2)nn1C. The van der Waals surface area contributed by atoms with Crippen molar-refractivity contribution in [2.75, 3.05) is 13.7 Å². The number of nitrogens with zero attached hydrogens (tertiary/aromatic N) is 5. The van der Waals surface area contributed by atoms with Gasteiger partial charge in [0.15, 0.2) is 5.82 Å². The molecule has 8 heteroatoms. The average molecular weight is 368 g/mol. The lowest BCUT2D eigenvalue weighted by atomic mass is 10.1. The number of rotatable bonds is 6. The molecule has 1 N–H and O–H groups in total. The second kappa shape index (κ2) is 7.61. The fourth-order valence-corrected chi connectivity index (χ4v) is 2.99. The Labute approximate surface area is 158 Å². The minimum absolute atomic E-state index is 0.0625. The lowest BCUT2D eigenvalue weighted by molar-refractivity contribution is 0.0948. The molecule has 1 amide bonds. The fraction of sp³-hybridized carbons (Fsp3) is 0.368. The second-order valence-electron chi connectivity index (χ2n) is 6.56. The maximum absolute atomic E-state index is 12.6. The van der Waals surface area contributed by atoms with Crippen molar-refractivity contribution in [1.29, 1.82) is 0 Å². The summed E-state index contributed by atoms with van der Waals surface area (Å²) < 4.78 is 8.63. The van der Waals surface area contributed by atoms with Crippen LogP contribution in [0.4, 0.5) is 0 Å². The van der Waals surface area contributed by atoms with Crippen LogP contribution >= 0.6 is 0 Å². The van der Waals surface area contributed by atoms with E-state index >= 15 is 0 Å². The number of hydrogen-bond donors (Lipinski definition) is 1. The van der Waals surface area contributed by atoms with Gasteiger partial charge in [-0.3, -0.25) is 9.48 Å². The zero-order chi connectivity index (χ0) is 19.6. The Hall–Kier alpha value is -3.16. The predicted octanol–water partition coefficient (Wildman–Crippen LogP) is 2.30. The minimum atomic E-state index is -0.145. The van der Waals surface area contributed by atoms with Crippen LogP contribution < -0.4 is 10.1 Å². The van der Waals surface area contributed by atoms with Crippen LogP contribution in [0.5, 0.6) is 6.01 Å². The number of ether oxygens (including phenoxy) is 1. The molecule has 0 aliphatic heterocycles. The van der Waals surface area contributed by atoms with Crippen LogP contribution in [-0.2, 0) is 7.05 Å². The van der Waals surface area contributed by atoms with Crippen molar-refractivity contribution in [3.63, 3.8) is 0 Å². The van der Waals surface area contributed by atoms with Crippen LogP contribution in [0, 0.1) is 13.8 Å². The van der Waals surface area contributed by atoms with E-state index in [2.05, 4.69) is 20.5 Å². The second-order valence-corrected chi connectivity index (χ2v) is 6.56. The van der Waals surface area contributed by atoms with Crippen LogP contribution in [0.3, 0.4) is 0 Å². The van der Waals surface area contributed by atoms with Gasteiger partial charge in [0.25, 0.3) is 5.91 Å². The smallest absolute Gasteiger partial charge is 0.314 e. The van der Waals surface area contributed by atoms with Crippen LogP contribution in [-0.4, -0.2) is 44.1 Å². The monoisotopic (exact) mass is 368 g/mol. The average Bonchev–Trinajstić information content (AvgIpc) is 3.20. The van der Waals surface area contributed by atoms with E-state index in [1.54, 1.807) is 31.0 Å². The first-order chi connectivity index (χ1) is 12.9. The molecule has 0 saturated carbocycles. The molecule has 27 heavy (non-hydrogen) atoms. The van der Waals surface area contributed by atoms with Crippen molar-refractivity contribution in [1.82, 2.24) is 29.9 Å². The van der Waals surface area contributed by atoms with E-state index in [0.717, 1.165) is 17.0 Å². The number of benzene rings is 1. The number of nitrogens with one attached hydrogen (secondary N) is 1. The third-order valence-corrected chi connectivity index (χ3v) is 4.31. The summed E-state index contributed by atoms with van der Waals surface area (Å²) in [6.45, 7) is 6.48. The molecule has 3 aromatic rings. The summed E-state index contributed by atoms with van der Waals surface area (Å²) in [5.74, 6) is 0.369. The van der Waals surface area contributed by atoms with E-state index in [-0.39, 0.29) is 11.9 Å². The molecule has 0 bridgehead atoms. The van der Waals surface area contributed by atoms with Crippen LogP contribution in [0.25, 0.3) is 11.4 Å². The van der Waals surface area contributed by atoms with Crippen molar-refractivity contribution < 1.29 is 9.53 Å². The fourth-order valence-electron chi connectivity index (χ4n) is 2.99. The molecule has 0 unspecified atom stereocenters. The summed E-state index contributed by atoms with van der Waals surface area (Å²) in [4.78, 5) is 16.9. The Bertz CT molecular complexity index is 959.